The van der Waals surface area contributed by atoms with E-state index in [0.717, 1.165) is 27.9 Å². The minimum absolute atomic E-state index is 0.176. The molecular formula is C94H70BBrN2O2. The summed E-state index contributed by atoms with van der Waals surface area (Å²) in [6.45, 7) is 17.8. The molecular weight excluding hydrogens is 1280 g/mol. The summed E-state index contributed by atoms with van der Waals surface area (Å²) in [6, 6.07) is 102. The molecule has 4 nitrogen and oxygen atoms in total. The van der Waals surface area contributed by atoms with Gasteiger partial charge in [-0.05, 0) is 193 Å². The van der Waals surface area contributed by atoms with Crippen LogP contribution in [-0.2, 0) is 20.1 Å². The third-order valence-corrected chi connectivity index (χ3v) is 23.6. The summed E-state index contributed by atoms with van der Waals surface area (Å²) >= 11 is 3.64. The molecule has 478 valence electrons. The fraction of sp³-hybridized carbons (Fsp3) is 0.128. The van der Waals surface area contributed by atoms with Crippen molar-refractivity contribution >= 4 is 136 Å². The number of hydrogen-bond donors (Lipinski definition) is 0. The third kappa shape index (κ3) is 9.06. The van der Waals surface area contributed by atoms with Crippen LogP contribution in [-0.4, -0.2) is 28.3 Å². The molecule has 0 radical (unpaired) electrons. The lowest BCUT2D eigenvalue weighted by Crippen LogP contribution is -2.41. The van der Waals surface area contributed by atoms with Gasteiger partial charge in [-0.15, -0.1) is 0 Å². The second kappa shape index (κ2) is 22.2. The Bertz CT molecular complexity index is 6380. The van der Waals surface area contributed by atoms with E-state index in [0.29, 0.717) is 0 Å². The first-order chi connectivity index (χ1) is 48.5. The lowest BCUT2D eigenvalue weighted by Gasteiger charge is -2.32. The average molecular weight is 1350 g/mol. The Labute approximate surface area is 590 Å². The number of aromatic nitrogens is 2. The van der Waals surface area contributed by atoms with Gasteiger partial charge in [0.2, 0.25) is 0 Å². The van der Waals surface area contributed by atoms with Crippen molar-refractivity contribution < 1.29 is 9.31 Å². The van der Waals surface area contributed by atoms with Crippen LogP contribution < -0.4 is 5.46 Å². The van der Waals surface area contributed by atoms with Gasteiger partial charge in [0, 0.05) is 37.2 Å². The maximum Gasteiger partial charge on any atom is 0.494 e. The Morgan fingerprint density at radius 2 is 0.660 bits per heavy atom. The molecule has 0 amide bonds. The Morgan fingerprint density at radius 3 is 1.16 bits per heavy atom. The Hall–Kier alpha value is -10.6. The molecule has 2 aromatic heterocycles. The van der Waals surface area contributed by atoms with Gasteiger partial charge in [0.25, 0.3) is 0 Å². The first-order valence-corrected chi connectivity index (χ1v) is 35.8. The van der Waals surface area contributed by atoms with E-state index >= 15 is 0 Å². The summed E-state index contributed by atoms with van der Waals surface area (Å²) in [5.41, 5.74) is 19.5. The molecule has 1 fully saturated rings. The third-order valence-electron chi connectivity index (χ3n) is 22.9. The van der Waals surface area contributed by atoms with Crippen LogP contribution in [0.5, 0.6) is 0 Å². The fourth-order valence-corrected chi connectivity index (χ4v) is 17.7. The van der Waals surface area contributed by atoms with Crippen LogP contribution in [0.2, 0.25) is 0 Å². The number of rotatable bonds is 4. The maximum atomic E-state index is 6.34. The molecule has 0 unspecified atom stereocenters. The number of nitrogens with zero attached hydrogens (tertiary/aromatic N) is 2. The van der Waals surface area contributed by atoms with E-state index in [2.05, 4.69) is 350 Å². The van der Waals surface area contributed by atoms with Gasteiger partial charge in [0.05, 0.1) is 33.6 Å². The van der Waals surface area contributed by atoms with Crippen molar-refractivity contribution in [2.75, 3.05) is 0 Å². The number of pyridine rings is 2. The standard InChI is InChI=1S/C44H29N.C34H32BNO2.C16H9Br/c1-44(2)36-13-6-5-12-35(36)43-42(44)40(41-33-11-4-3-8-26(33)22-25-37(41)45-43)31-16-14-27(15-17-31)32-23-20-30-19-18-28-9-7-10-29-21-24-34(32)39(30)38(28)29;1-32(2)26-14-10-9-13-25(26)31-30(32)28(29-24-12-8-7-11-21(24)17-20-27(29)36-31)22-15-18-23(19-16-22)35-37-33(3,4)34(5,6)38-35;17-14-9-7-12-5-4-10-2-1-3-11-6-8-13(14)16(12)15(10)11/h3-25H,1-2H3;7-20H,1-6H3;1-9H. The molecule has 0 atom stereocenters. The number of fused-ring (bicyclic) bond motifs is 12. The highest BCUT2D eigenvalue weighted by molar-refractivity contribution is 9.10. The lowest BCUT2D eigenvalue weighted by atomic mass is 9.76. The second-order valence-corrected chi connectivity index (χ2v) is 30.6. The van der Waals surface area contributed by atoms with Gasteiger partial charge < -0.3 is 9.31 Å². The molecule has 0 bridgehead atoms. The molecule has 0 spiro atoms. The molecule has 21 rings (SSSR count). The molecule has 100 heavy (non-hydrogen) atoms. The maximum absolute atomic E-state index is 6.34. The Kier molecular flexibility index (Phi) is 13.4. The normalized spacial score (nSPS) is 15.3. The summed E-state index contributed by atoms with van der Waals surface area (Å²) in [5.74, 6) is 0. The van der Waals surface area contributed by atoms with Crippen LogP contribution in [0.4, 0.5) is 0 Å². The molecule has 6 heteroatoms. The van der Waals surface area contributed by atoms with E-state index in [1.807, 2.05) is 0 Å². The topological polar surface area (TPSA) is 44.2 Å². The summed E-state index contributed by atoms with van der Waals surface area (Å²) in [4.78, 5) is 10.7. The van der Waals surface area contributed by atoms with Crippen molar-refractivity contribution in [2.45, 2.75) is 77.4 Å². The van der Waals surface area contributed by atoms with Crippen molar-refractivity contribution in [1.82, 2.24) is 9.97 Å². The zero-order valence-corrected chi connectivity index (χ0v) is 58.8. The minimum Gasteiger partial charge on any atom is -0.399 e. The van der Waals surface area contributed by atoms with Gasteiger partial charge in [-0.25, -0.2) is 9.97 Å². The summed E-state index contributed by atoms with van der Waals surface area (Å²) in [6.07, 6.45) is 0. The minimum atomic E-state index is -0.379. The predicted molar refractivity (Wildman–Crippen MR) is 427 cm³/mol. The zero-order chi connectivity index (χ0) is 67.7. The van der Waals surface area contributed by atoms with E-state index < -0.39 is 0 Å². The van der Waals surface area contributed by atoms with Crippen LogP contribution in [0.25, 0.3) is 164 Å². The highest BCUT2D eigenvalue weighted by Crippen LogP contribution is 2.56. The molecule has 0 N–H and O–H groups in total. The number of benzene rings is 16. The van der Waals surface area contributed by atoms with Crippen LogP contribution in [0.15, 0.2) is 284 Å². The Balaban J connectivity index is 0.000000114. The molecule has 1 aliphatic heterocycles. The molecule has 2 aliphatic carbocycles. The number of halogens is 1. The van der Waals surface area contributed by atoms with Crippen molar-refractivity contribution in [3.05, 3.63) is 306 Å². The highest BCUT2D eigenvalue weighted by Gasteiger charge is 2.52. The van der Waals surface area contributed by atoms with Crippen molar-refractivity contribution in [1.29, 1.82) is 0 Å². The Morgan fingerprint density at radius 1 is 0.290 bits per heavy atom. The molecule has 0 saturated carbocycles. The van der Waals surface area contributed by atoms with Gasteiger partial charge in [0.1, 0.15) is 0 Å². The van der Waals surface area contributed by atoms with E-state index in [1.165, 1.54) is 168 Å². The highest BCUT2D eigenvalue weighted by atomic mass is 79.9. The second-order valence-electron chi connectivity index (χ2n) is 29.8. The van der Waals surface area contributed by atoms with Gasteiger partial charge in [-0.1, -0.05) is 304 Å². The largest absolute Gasteiger partial charge is 0.494 e. The zero-order valence-electron chi connectivity index (χ0n) is 57.2. The van der Waals surface area contributed by atoms with E-state index in [4.69, 9.17) is 19.3 Å². The SMILES string of the molecule is Brc1ccc2ccc3cccc4ccc1c2c34.CC1(C)c2ccccc2-c2nc3ccc4ccccc4c3c(-c3ccc(-c4ccc5ccc6cccc7ccc4c5c67)cc3)c21.CC1(C)c2ccccc2-c2nc3ccc4ccccc4c3c(-c3ccc(B4OC(C)(C)C(C)(C)O4)cc3)c21. The van der Waals surface area contributed by atoms with Crippen LogP contribution in [0.1, 0.15) is 77.6 Å². The van der Waals surface area contributed by atoms with Crippen molar-refractivity contribution in [3.63, 3.8) is 0 Å². The van der Waals surface area contributed by atoms with Gasteiger partial charge >= 0.3 is 7.12 Å². The monoisotopic (exact) mass is 1350 g/mol. The van der Waals surface area contributed by atoms with Crippen molar-refractivity contribution in [3.8, 4) is 55.9 Å². The van der Waals surface area contributed by atoms with Gasteiger partial charge in [-0.2, -0.15) is 0 Å². The molecule has 16 aromatic carbocycles. The molecule has 1 saturated heterocycles. The predicted octanol–water partition coefficient (Wildman–Crippen LogP) is 24.9. The van der Waals surface area contributed by atoms with E-state index in [9.17, 15) is 0 Å². The summed E-state index contributed by atoms with van der Waals surface area (Å²) in [5, 5.41) is 23.3. The van der Waals surface area contributed by atoms with Crippen molar-refractivity contribution in [2.24, 2.45) is 0 Å². The van der Waals surface area contributed by atoms with Crippen LogP contribution >= 0.6 is 15.9 Å². The number of hydrogen-bond acceptors (Lipinski definition) is 4. The van der Waals surface area contributed by atoms with Crippen LogP contribution in [0, 0.1) is 0 Å². The first-order valence-electron chi connectivity index (χ1n) is 35.0. The van der Waals surface area contributed by atoms with Gasteiger partial charge in [0.15, 0.2) is 0 Å². The smallest absolute Gasteiger partial charge is 0.399 e. The lowest BCUT2D eigenvalue weighted by molar-refractivity contribution is 0.00578. The molecule has 3 aliphatic rings. The van der Waals surface area contributed by atoms with Gasteiger partial charge in [-0.3, -0.25) is 0 Å². The fourth-order valence-electron chi connectivity index (χ4n) is 17.3. The first kappa shape index (κ1) is 60.6. The average Bonchev–Trinajstić information content (AvgIpc) is 1.52. The molecule has 3 heterocycles. The summed E-state index contributed by atoms with van der Waals surface area (Å²) in [7, 11) is -0.379. The van der Waals surface area contributed by atoms with E-state index in [1.54, 1.807) is 0 Å². The quantitative estimate of drug-likeness (QED) is 0.130. The van der Waals surface area contributed by atoms with Crippen LogP contribution in [0.3, 0.4) is 0 Å². The summed E-state index contributed by atoms with van der Waals surface area (Å²) < 4.78 is 13.9. The van der Waals surface area contributed by atoms with E-state index in [-0.39, 0.29) is 29.2 Å². The molecule has 18 aromatic rings.